The fraction of sp³-hybridized carbons (Fsp3) is 0.118. The summed E-state index contributed by atoms with van der Waals surface area (Å²) in [4.78, 5) is 4.28. The first-order valence-electron chi connectivity index (χ1n) is 7.08. The fourth-order valence-corrected chi connectivity index (χ4v) is 2.55. The summed E-state index contributed by atoms with van der Waals surface area (Å²) in [5.41, 5.74) is 1.61. The summed E-state index contributed by atoms with van der Waals surface area (Å²) >= 11 is 1.54. The molecule has 0 N–H and O–H groups in total. The van der Waals surface area contributed by atoms with Crippen molar-refractivity contribution >= 4 is 11.8 Å². The summed E-state index contributed by atoms with van der Waals surface area (Å²) in [5.74, 6) is 1.51. The van der Waals surface area contributed by atoms with E-state index < -0.39 is 0 Å². The lowest BCUT2D eigenvalue weighted by Crippen LogP contribution is -2.00. The number of nitriles is 1. The third kappa shape index (κ3) is 4.11. The lowest BCUT2D eigenvalue weighted by molar-refractivity contribution is 0.344. The Morgan fingerprint density at radius 2 is 1.87 bits per heavy atom. The SMILES string of the molecule is N#Cc1ccc(OCCSc2ncn(-c3ccccc3)n2)cc1. The van der Waals surface area contributed by atoms with Gasteiger partial charge in [0.05, 0.1) is 23.9 Å². The molecule has 0 aliphatic heterocycles. The Bertz CT molecular complexity index is 793. The summed E-state index contributed by atoms with van der Waals surface area (Å²) in [5, 5.41) is 13.9. The van der Waals surface area contributed by atoms with E-state index in [0.29, 0.717) is 12.2 Å². The summed E-state index contributed by atoms with van der Waals surface area (Å²) in [6.45, 7) is 0.552. The normalized spacial score (nSPS) is 10.2. The van der Waals surface area contributed by atoms with Crippen LogP contribution in [0.3, 0.4) is 0 Å². The molecule has 114 valence electrons. The van der Waals surface area contributed by atoms with Crippen molar-refractivity contribution in [1.82, 2.24) is 14.8 Å². The predicted octanol–water partition coefficient (Wildman–Crippen LogP) is 3.31. The first-order valence-corrected chi connectivity index (χ1v) is 8.06. The van der Waals surface area contributed by atoms with E-state index in [0.717, 1.165) is 22.3 Å². The molecule has 23 heavy (non-hydrogen) atoms. The van der Waals surface area contributed by atoms with Crippen molar-refractivity contribution in [2.24, 2.45) is 0 Å². The van der Waals surface area contributed by atoms with E-state index in [-0.39, 0.29) is 0 Å². The van der Waals surface area contributed by atoms with Crippen molar-refractivity contribution in [1.29, 1.82) is 5.26 Å². The number of ether oxygens (including phenoxy) is 1. The molecule has 0 spiro atoms. The van der Waals surface area contributed by atoms with Crippen molar-refractivity contribution in [2.75, 3.05) is 12.4 Å². The maximum absolute atomic E-state index is 8.74. The van der Waals surface area contributed by atoms with Gasteiger partial charge in [0.25, 0.3) is 0 Å². The number of thioether (sulfide) groups is 1. The summed E-state index contributed by atoms with van der Waals surface area (Å²) in [6, 6.07) is 19.0. The van der Waals surface area contributed by atoms with Crippen molar-refractivity contribution in [3.8, 4) is 17.5 Å². The number of para-hydroxylation sites is 1. The van der Waals surface area contributed by atoms with Gasteiger partial charge in [-0.2, -0.15) is 5.26 Å². The van der Waals surface area contributed by atoms with E-state index in [1.807, 2.05) is 30.3 Å². The maximum atomic E-state index is 8.74. The summed E-state index contributed by atoms with van der Waals surface area (Å²) in [7, 11) is 0. The topological polar surface area (TPSA) is 63.7 Å². The molecule has 5 nitrogen and oxygen atoms in total. The van der Waals surface area contributed by atoms with Gasteiger partial charge in [0.2, 0.25) is 5.16 Å². The summed E-state index contributed by atoms with van der Waals surface area (Å²) in [6.07, 6.45) is 1.71. The zero-order valence-electron chi connectivity index (χ0n) is 12.3. The lowest BCUT2D eigenvalue weighted by atomic mass is 10.2. The van der Waals surface area contributed by atoms with Crippen LogP contribution in [0.5, 0.6) is 5.75 Å². The van der Waals surface area contributed by atoms with Gasteiger partial charge in [0, 0.05) is 5.75 Å². The lowest BCUT2D eigenvalue weighted by Gasteiger charge is -2.04. The number of hydrogen-bond acceptors (Lipinski definition) is 5. The molecule has 2 aromatic carbocycles. The van der Waals surface area contributed by atoms with Gasteiger partial charge in [-0.05, 0) is 36.4 Å². The second kappa shape index (κ2) is 7.47. The van der Waals surface area contributed by atoms with Crippen LogP contribution in [0.2, 0.25) is 0 Å². The minimum atomic E-state index is 0.552. The molecular formula is C17H14N4OS. The standard InChI is InChI=1S/C17H14N4OS/c18-12-14-6-8-16(9-7-14)22-10-11-23-17-19-13-21(20-17)15-4-2-1-3-5-15/h1-9,13H,10-11H2. The van der Waals surface area contributed by atoms with Crippen molar-refractivity contribution in [3.05, 3.63) is 66.5 Å². The van der Waals surface area contributed by atoms with Gasteiger partial charge in [-0.3, -0.25) is 0 Å². The van der Waals surface area contributed by atoms with E-state index in [1.54, 1.807) is 47.0 Å². The van der Waals surface area contributed by atoms with Gasteiger partial charge in [0.1, 0.15) is 12.1 Å². The Morgan fingerprint density at radius 1 is 1.09 bits per heavy atom. The second-order valence-electron chi connectivity index (χ2n) is 4.64. The highest BCUT2D eigenvalue weighted by Gasteiger charge is 2.03. The highest BCUT2D eigenvalue weighted by molar-refractivity contribution is 7.99. The van der Waals surface area contributed by atoms with Gasteiger partial charge < -0.3 is 4.74 Å². The first-order chi connectivity index (χ1) is 11.3. The molecule has 0 saturated carbocycles. The van der Waals surface area contributed by atoms with E-state index in [1.165, 1.54) is 0 Å². The molecule has 0 unspecified atom stereocenters. The highest BCUT2D eigenvalue weighted by atomic mass is 32.2. The van der Waals surface area contributed by atoms with Crippen LogP contribution >= 0.6 is 11.8 Å². The van der Waals surface area contributed by atoms with E-state index in [2.05, 4.69) is 16.2 Å². The number of nitrogens with zero attached hydrogens (tertiary/aromatic N) is 4. The number of rotatable bonds is 6. The minimum Gasteiger partial charge on any atom is -0.493 e. The van der Waals surface area contributed by atoms with E-state index in [4.69, 9.17) is 10.00 Å². The Hall–Kier alpha value is -2.78. The van der Waals surface area contributed by atoms with Crippen molar-refractivity contribution < 1.29 is 4.74 Å². The molecule has 3 rings (SSSR count). The largest absolute Gasteiger partial charge is 0.493 e. The Kier molecular flexibility index (Phi) is 4.92. The molecule has 0 aliphatic rings. The Balaban J connectivity index is 1.47. The number of benzene rings is 2. The molecule has 1 heterocycles. The van der Waals surface area contributed by atoms with Crippen molar-refractivity contribution in [3.63, 3.8) is 0 Å². The molecule has 0 saturated heterocycles. The average Bonchev–Trinajstić information content (AvgIpc) is 3.09. The van der Waals surface area contributed by atoms with Crippen LogP contribution in [0, 0.1) is 11.3 Å². The monoisotopic (exact) mass is 322 g/mol. The quantitative estimate of drug-likeness (QED) is 0.514. The zero-order chi connectivity index (χ0) is 15.9. The van der Waals surface area contributed by atoms with Crippen LogP contribution in [0.15, 0.2) is 66.1 Å². The third-order valence-corrected chi connectivity index (χ3v) is 3.87. The Labute approximate surface area is 138 Å². The Morgan fingerprint density at radius 3 is 2.61 bits per heavy atom. The average molecular weight is 322 g/mol. The molecule has 0 aliphatic carbocycles. The summed E-state index contributed by atoms with van der Waals surface area (Å²) < 4.78 is 7.38. The smallest absolute Gasteiger partial charge is 0.208 e. The van der Waals surface area contributed by atoms with Gasteiger partial charge >= 0.3 is 0 Å². The molecule has 0 amide bonds. The van der Waals surface area contributed by atoms with E-state index >= 15 is 0 Å². The van der Waals surface area contributed by atoms with Gasteiger partial charge in [-0.15, -0.1) is 5.10 Å². The second-order valence-corrected chi connectivity index (χ2v) is 5.70. The van der Waals surface area contributed by atoms with Gasteiger partial charge in [-0.25, -0.2) is 9.67 Å². The van der Waals surface area contributed by atoms with Gasteiger partial charge in [0.15, 0.2) is 0 Å². The van der Waals surface area contributed by atoms with Crippen molar-refractivity contribution in [2.45, 2.75) is 5.16 Å². The van der Waals surface area contributed by atoms with Crippen LogP contribution < -0.4 is 4.74 Å². The third-order valence-electron chi connectivity index (χ3n) is 3.06. The highest BCUT2D eigenvalue weighted by Crippen LogP contribution is 2.16. The molecule has 0 bridgehead atoms. The molecule has 3 aromatic rings. The maximum Gasteiger partial charge on any atom is 0.208 e. The van der Waals surface area contributed by atoms with Crippen LogP contribution in [-0.4, -0.2) is 27.1 Å². The molecule has 0 fully saturated rings. The molecular weight excluding hydrogens is 308 g/mol. The molecule has 0 radical (unpaired) electrons. The van der Waals surface area contributed by atoms with Crippen LogP contribution in [0.25, 0.3) is 5.69 Å². The fourth-order valence-electron chi connectivity index (χ4n) is 1.94. The predicted molar refractivity (Wildman–Crippen MR) is 88.7 cm³/mol. The van der Waals surface area contributed by atoms with E-state index in [9.17, 15) is 0 Å². The van der Waals surface area contributed by atoms with Crippen LogP contribution in [-0.2, 0) is 0 Å². The first kappa shape index (κ1) is 15.1. The number of hydrogen-bond donors (Lipinski definition) is 0. The molecule has 6 heteroatoms. The van der Waals surface area contributed by atoms with Crippen LogP contribution in [0.1, 0.15) is 5.56 Å². The minimum absolute atomic E-state index is 0.552. The number of aromatic nitrogens is 3. The molecule has 1 aromatic heterocycles. The van der Waals surface area contributed by atoms with Gasteiger partial charge in [-0.1, -0.05) is 30.0 Å². The zero-order valence-corrected chi connectivity index (χ0v) is 13.1. The molecule has 0 atom stereocenters. The van der Waals surface area contributed by atoms with Crippen LogP contribution in [0.4, 0.5) is 0 Å².